The molecule has 0 saturated carbocycles. The number of hydrogen-bond donors (Lipinski definition) is 0. The molecule has 7 heteroatoms. The zero-order valence-corrected chi connectivity index (χ0v) is 13.2. The van der Waals surface area contributed by atoms with Crippen molar-refractivity contribution in [2.45, 2.75) is 24.8 Å². The number of sulfonamides is 1. The molecule has 5 nitrogen and oxygen atoms in total. The van der Waals surface area contributed by atoms with E-state index in [2.05, 4.69) is 4.98 Å². The average molecular weight is 306 g/mol. The van der Waals surface area contributed by atoms with Crippen molar-refractivity contribution in [2.75, 3.05) is 27.2 Å². The highest BCUT2D eigenvalue weighted by Gasteiger charge is 2.29. The fraction of sp³-hybridized carbons (Fsp3) is 0.583. The Balaban J connectivity index is 3.13. The Morgan fingerprint density at radius 1 is 1.42 bits per heavy atom. The van der Waals surface area contributed by atoms with E-state index in [1.807, 2.05) is 32.8 Å². The van der Waals surface area contributed by atoms with E-state index in [0.29, 0.717) is 13.1 Å². The van der Waals surface area contributed by atoms with Crippen LogP contribution in [0, 0.1) is 0 Å². The van der Waals surface area contributed by atoms with Crippen LogP contribution in [0.1, 0.15) is 13.8 Å². The first-order valence-electron chi connectivity index (χ1n) is 6.06. The van der Waals surface area contributed by atoms with Crippen molar-refractivity contribution >= 4 is 21.6 Å². The van der Waals surface area contributed by atoms with Gasteiger partial charge in [0.05, 0.1) is 5.02 Å². The molecule has 1 rings (SSSR count). The van der Waals surface area contributed by atoms with E-state index in [4.69, 9.17) is 11.6 Å². The third-order valence-corrected chi connectivity index (χ3v) is 5.31. The number of halogens is 1. The fourth-order valence-corrected chi connectivity index (χ4v) is 4.06. The largest absolute Gasteiger partial charge is 0.308 e. The summed E-state index contributed by atoms with van der Waals surface area (Å²) in [6.45, 7) is 4.73. The fourth-order valence-electron chi connectivity index (χ4n) is 2.02. The zero-order chi connectivity index (χ0) is 14.6. The minimum Gasteiger partial charge on any atom is -0.308 e. The predicted octanol–water partition coefficient (Wildman–Crippen LogP) is 1.70. The smallest absolute Gasteiger partial charge is 0.246 e. The van der Waals surface area contributed by atoms with Crippen LogP contribution in [0.15, 0.2) is 23.4 Å². The summed E-state index contributed by atoms with van der Waals surface area (Å²) >= 11 is 5.96. The number of likely N-dealkylation sites (N-methyl/N-ethyl adjacent to an activating group) is 2. The standard InChI is InChI=1S/C12H20ClN3O2S/c1-5-16(10(2)9-15(3)4)19(17,18)12-8-14-7-6-11(12)13/h6-8,10H,5,9H2,1-4H3. The molecule has 0 bridgehead atoms. The van der Waals surface area contributed by atoms with E-state index in [9.17, 15) is 8.42 Å². The SMILES string of the molecule is CCN(C(C)CN(C)C)S(=O)(=O)c1cnccc1Cl. The molecule has 0 spiro atoms. The molecule has 0 saturated heterocycles. The van der Waals surface area contributed by atoms with Crippen LogP contribution in [0.4, 0.5) is 0 Å². The van der Waals surface area contributed by atoms with Crippen LogP contribution in [-0.4, -0.2) is 55.8 Å². The summed E-state index contributed by atoms with van der Waals surface area (Å²) in [7, 11) is 0.207. The molecule has 0 fully saturated rings. The van der Waals surface area contributed by atoms with Crippen LogP contribution in [0.5, 0.6) is 0 Å². The lowest BCUT2D eigenvalue weighted by Gasteiger charge is -2.29. The second-order valence-electron chi connectivity index (χ2n) is 4.63. The van der Waals surface area contributed by atoms with Gasteiger partial charge >= 0.3 is 0 Å². The van der Waals surface area contributed by atoms with Crippen molar-refractivity contribution in [1.82, 2.24) is 14.2 Å². The Bertz CT molecular complexity index is 519. The first-order chi connectivity index (χ1) is 8.80. The van der Waals surface area contributed by atoms with Crippen molar-refractivity contribution in [3.8, 4) is 0 Å². The van der Waals surface area contributed by atoms with Gasteiger partial charge in [0.2, 0.25) is 10.0 Å². The molecule has 1 aromatic rings. The van der Waals surface area contributed by atoms with Crippen molar-refractivity contribution in [3.05, 3.63) is 23.5 Å². The summed E-state index contributed by atoms with van der Waals surface area (Å²) < 4.78 is 26.6. The predicted molar refractivity (Wildman–Crippen MR) is 76.8 cm³/mol. The number of pyridine rings is 1. The van der Waals surface area contributed by atoms with Crippen LogP contribution in [0.25, 0.3) is 0 Å². The van der Waals surface area contributed by atoms with E-state index < -0.39 is 10.0 Å². The van der Waals surface area contributed by atoms with Gasteiger partial charge in [0.1, 0.15) is 4.90 Å². The Kier molecular flexibility index (Phi) is 5.73. The third-order valence-electron chi connectivity index (χ3n) is 2.75. The molecule has 19 heavy (non-hydrogen) atoms. The van der Waals surface area contributed by atoms with Crippen molar-refractivity contribution in [3.63, 3.8) is 0 Å². The van der Waals surface area contributed by atoms with Gasteiger partial charge in [-0.05, 0) is 27.1 Å². The van der Waals surface area contributed by atoms with E-state index in [1.54, 1.807) is 0 Å². The lowest BCUT2D eigenvalue weighted by molar-refractivity contribution is 0.271. The second kappa shape index (κ2) is 6.65. The molecule has 1 aromatic heterocycles. The average Bonchev–Trinajstić information content (AvgIpc) is 2.28. The second-order valence-corrected chi connectivity index (χ2v) is 6.89. The van der Waals surface area contributed by atoms with Crippen LogP contribution >= 0.6 is 11.6 Å². The Morgan fingerprint density at radius 2 is 2.05 bits per heavy atom. The van der Waals surface area contributed by atoms with E-state index in [-0.39, 0.29) is 16.0 Å². The van der Waals surface area contributed by atoms with E-state index >= 15 is 0 Å². The topological polar surface area (TPSA) is 53.5 Å². The van der Waals surface area contributed by atoms with Gasteiger partial charge in [0.15, 0.2) is 0 Å². The van der Waals surface area contributed by atoms with Crippen molar-refractivity contribution < 1.29 is 8.42 Å². The lowest BCUT2D eigenvalue weighted by Crippen LogP contribution is -2.43. The van der Waals surface area contributed by atoms with Crippen molar-refractivity contribution in [1.29, 1.82) is 0 Å². The molecule has 0 aliphatic carbocycles. The maximum Gasteiger partial charge on any atom is 0.246 e. The van der Waals surface area contributed by atoms with E-state index in [1.165, 1.54) is 22.8 Å². The highest BCUT2D eigenvalue weighted by Crippen LogP contribution is 2.24. The van der Waals surface area contributed by atoms with Gasteiger partial charge in [-0.25, -0.2) is 8.42 Å². The van der Waals surface area contributed by atoms with Gasteiger partial charge in [-0.15, -0.1) is 0 Å². The number of hydrogen-bond acceptors (Lipinski definition) is 4. The van der Waals surface area contributed by atoms with Gasteiger partial charge in [0, 0.05) is 31.5 Å². The summed E-state index contributed by atoms with van der Waals surface area (Å²) in [6, 6.07) is 1.35. The minimum atomic E-state index is -3.61. The van der Waals surface area contributed by atoms with Crippen LogP contribution in [0.3, 0.4) is 0 Å². The molecule has 0 amide bonds. The third kappa shape index (κ3) is 3.89. The summed E-state index contributed by atoms with van der Waals surface area (Å²) in [5, 5.41) is 0.200. The van der Waals surface area contributed by atoms with Gasteiger partial charge in [-0.1, -0.05) is 18.5 Å². The minimum absolute atomic E-state index is 0.0594. The summed E-state index contributed by atoms with van der Waals surface area (Å²) in [6.07, 6.45) is 2.77. The highest BCUT2D eigenvalue weighted by atomic mass is 35.5. The summed E-state index contributed by atoms with van der Waals surface area (Å²) in [4.78, 5) is 5.86. The van der Waals surface area contributed by atoms with Gasteiger partial charge in [-0.2, -0.15) is 4.31 Å². The molecular weight excluding hydrogens is 286 g/mol. The normalized spacial score (nSPS) is 14.1. The Hall–Kier alpha value is -0.690. The molecule has 1 atom stereocenters. The number of nitrogens with zero attached hydrogens (tertiary/aromatic N) is 3. The first kappa shape index (κ1) is 16.4. The molecule has 108 valence electrons. The number of aromatic nitrogens is 1. The van der Waals surface area contributed by atoms with Gasteiger partial charge in [0.25, 0.3) is 0 Å². The monoisotopic (exact) mass is 305 g/mol. The van der Waals surface area contributed by atoms with Crippen LogP contribution < -0.4 is 0 Å². The molecule has 1 unspecified atom stereocenters. The zero-order valence-electron chi connectivity index (χ0n) is 11.7. The summed E-state index contributed by atoms with van der Waals surface area (Å²) in [5.41, 5.74) is 0. The maximum atomic E-state index is 12.6. The number of rotatable bonds is 6. The van der Waals surface area contributed by atoms with E-state index in [0.717, 1.165) is 0 Å². The van der Waals surface area contributed by atoms with Gasteiger partial charge in [-0.3, -0.25) is 4.98 Å². The maximum absolute atomic E-state index is 12.6. The summed E-state index contributed by atoms with van der Waals surface area (Å²) in [5.74, 6) is 0. The quantitative estimate of drug-likeness (QED) is 0.802. The highest BCUT2D eigenvalue weighted by molar-refractivity contribution is 7.89. The molecule has 0 aromatic carbocycles. The van der Waals surface area contributed by atoms with Crippen LogP contribution in [-0.2, 0) is 10.0 Å². The molecule has 0 N–H and O–H groups in total. The molecule has 1 heterocycles. The molecular formula is C12H20ClN3O2S. The first-order valence-corrected chi connectivity index (χ1v) is 7.88. The van der Waals surface area contributed by atoms with Crippen LogP contribution in [0.2, 0.25) is 5.02 Å². The molecule has 0 aliphatic heterocycles. The molecule has 0 radical (unpaired) electrons. The Labute approximate surface area is 120 Å². The lowest BCUT2D eigenvalue weighted by atomic mass is 10.3. The Morgan fingerprint density at radius 3 is 2.53 bits per heavy atom. The van der Waals surface area contributed by atoms with Gasteiger partial charge < -0.3 is 4.90 Å². The molecule has 0 aliphatic rings. The van der Waals surface area contributed by atoms with Crippen molar-refractivity contribution in [2.24, 2.45) is 0 Å².